The summed E-state index contributed by atoms with van der Waals surface area (Å²) in [4.78, 5) is 18.2. The van der Waals surface area contributed by atoms with E-state index in [2.05, 4.69) is 4.98 Å². The molecule has 0 radical (unpaired) electrons. The fourth-order valence-corrected chi connectivity index (χ4v) is 4.49. The van der Waals surface area contributed by atoms with E-state index in [0.29, 0.717) is 25.2 Å². The molecular weight excluding hydrogens is 354 g/mol. The number of anilines is 1. The van der Waals surface area contributed by atoms with Gasteiger partial charge in [0.25, 0.3) is 5.91 Å². The molecule has 0 bridgehead atoms. The number of sulfonamides is 1. The molecule has 1 amide bonds. The third-order valence-electron chi connectivity index (χ3n) is 4.38. The second kappa shape index (κ2) is 7.53. The largest absolute Gasteiger partial charge is 0.392 e. The summed E-state index contributed by atoms with van der Waals surface area (Å²) in [5.41, 5.74) is 0.261. The van der Waals surface area contributed by atoms with E-state index in [1.807, 2.05) is 0 Å². The molecule has 1 unspecified atom stereocenters. The van der Waals surface area contributed by atoms with Gasteiger partial charge >= 0.3 is 0 Å². The number of hydrogen-bond donors (Lipinski definition) is 1. The average Bonchev–Trinajstić information content (AvgIpc) is 2.67. The molecule has 138 valence electrons. The van der Waals surface area contributed by atoms with E-state index in [0.717, 1.165) is 0 Å². The van der Waals surface area contributed by atoms with Gasteiger partial charge < -0.3 is 5.11 Å². The summed E-state index contributed by atoms with van der Waals surface area (Å²) in [6.45, 7) is 0.444. The van der Waals surface area contributed by atoms with Gasteiger partial charge in [-0.05, 0) is 43.2 Å². The number of carbonyl (C=O) groups is 1. The zero-order valence-corrected chi connectivity index (χ0v) is 15.3. The van der Waals surface area contributed by atoms with Crippen LogP contribution in [0.1, 0.15) is 23.2 Å². The Bertz CT molecular complexity index is 886. The van der Waals surface area contributed by atoms with Crippen LogP contribution in [0, 0.1) is 0 Å². The fourth-order valence-electron chi connectivity index (χ4n) is 2.93. The Labute approximate surface area is 152 Å². The van der Waals surface area contributed by atoms with Crippen molar-refractivity contribution in [2.24, 2.45) is 0 Å². The molecular formula is C18H21N3O4S. The van der Waals surface area contributed by atoms with Gasteiger partial charge in [0.2, 0.25) is 10.0 Å². The number of β-amino-alcohol motifs (C(OH)–C–C–N with tert-alkyl or cyclic N) is 1. The van der Waals surface area contributed by atoms with Crippen LogP contribution in [0.3, 0.4) is 0 Å². The van der Waals surface area contributed by atoms with E-state index in [-0.39, 0.29) is 22.9 Å². The van der Waals surface area contributed by atoms with E-state index in [1.165, 1.54) is 21.3 Å². The van der Waals surface area contributed by atoms with Crippen LogP contribution in [-0.2, 0) is 10.0 Å². The summed E-state index contributed by atoms with van der Waals surface area (Å²) < 4.78 is 26.9. The molecule has 7 nitrogen and oxygen atoms in total. The van der Waals surface area contributed by atoms with Crippen molar-refractivity contribution in [3.8, 4) is 0 Å². The molecule has 1 N–H and O–H groups in total. The lowest BCUT2D eigenvalue weighted by Gasteiger charge is -2.29. The summed E-state index contributed by atoms with van der Waals surface area (Å²) in [5, 5.41) is 9.76. The summed E-state index contributed by atoms with van der Waals surface area (Å²) >= 11 is 0. The number of benzene rings is 1. The minimum atomic E-state index is -3.75. The van der Waals surface area contributed by atoms with Crippen molar-refractivity contribution in [3.05, 3.63) is 54.2 Å². The highest BCUT2D eigenvalue weighted by Crippen LogP contribution is 2.22. The fraction of sp³-hybridized carbons (Fsp3) is 0.333. The minimum Gasteiger partial charge on any atom is -0.392 e. The van der Waals surface area contributed by atoms with Crippen LogP contribution >= 0.6 is 0 Å². The van der Waals surface area contributed by atoms with Crippen molar-refractivity contribution in [2.45, 2.75) is 23.8 Å². The first kappa shape index (κ1) is 18.5. The zero-order chi connectivity index (χ0) is 18.7. The molecule has 26 heavy (non-hydrogen) atoms. The van der Waals surface area contributed by atoms with Gasteiger partial charge in [-0.1, -0.05) is 12.1 Å². The molecule has 1 atom stereocenters. The van der Waals surface area contributed by atoms with Crippen LogP contribution in [0.5, 0.6) is 0 Å². The van der Waals surface area contributed by atoms with Gasteiger partial charge in [-0.15, -0.1) is 0 Å². The molecule has 0 aliphatic carbocycles. The van der Waals surface area contributed by atoms with E-state index >= 15 is 0 Å². The number of pyridine rings is 1. The average molecular weight is 375 g/mol. The Kier molecular flexibility index (Phi) is 5.36. The van der Waals surface area contributed by atoms with Gasteiger partial charge in [0.1, 0.15) is 5.82 Å². The van der Waals surface area contributed by atoms with Crippen molar-refractivity contribution < 1.29 is 18.3 Å². The molecule has 2 aromatic rings. The Hall–Kier alpha value is -2.29. The summed E-state index contributed by atoms with van der Waals surface area (Å²) in [5.74, 6) is 0.129. The highest BCUT2D eigenvalue weighted by molar-refractivity contribution is 7.89. The molecule has 0 saturated carbocycles. The van der Waals surface area contributed by atoms with Gasteiger partial charge in [0.15, 0.2) is 0 Å². The van der Waals surface area contributed by atoms with Gasteiger partial charge in [-0.3, -0.25) is 9.69 Å². The van der Waals surface area contributed by atoms with Crippen LogP contribution in [0.4, 0.5) is 5.82 Å². The number of aromatic nitrogens is 1. The topological polar surface area (TPSA) is 90.8 Å². The van der Waals surface area contributed by atoms with Crippen molar-refractivity contribution in [1.29, 1.82) is 0 Å². The number of amides is 1. The van der Waals surface area contributed by atoms with E-state index in [1.54, 1.807) is 43.6 Å². The highest BCUT2D eigenvalue weighted by Gasteiger charge is 2.30. The van der Waals surface area contributed by atoms with Gasteiger partial charge in [-0.2, -0.15) is 4.31 Å². The van der Waals surface area contributed by atoms with Crippen LogP contribution < -0.4 is 4.90 Å². The molecule has 1 saturated heterocycles. The third kappa shape index (κ3) is 3.77. The maximum atomic E-state index is 12.8. The first-order valence-electron chi connectivity index (χ1n) is 8.37. The monoisotopic (exact) mass is 375 g/mol. The maximum Gasteiger partial charge on any atom is 0.259 e. The third-order valence-corrected chi connectivity index (χ3v) is 6.24. The van der Waals surface area contributed by atoms with E-state index in [4.69, 9.17) is 0 Å². The predicted octanol–water partition coefficient (Wildman–Crippen LogP) is 1.50. The van der Waals surface area contributed by atoms with Crippen molar-refractivity contribution >= 4 is 21.7 Å². The Morgan fingerprint density at radius 2 is 2.08 bits per heavy atom. The quantitative estimate of drug-likeness (QED) is 0.875. The Morgan fingerprint density at radius 1 is 1.27 bits per heavy atom. The van der Waals surface area contributed by atoms with Gasteiger partial charge in [0, 0.05) is 31.9 Å². The maximum absolute atomic E-state index is 12.8. The molecule has 2 heterocycles. The molecule has 1 aromatic carbocycles. The van der Waals surface area contributed by atoms with Crippen LogP contribution in [0.15, 0.2) is 53.6 Å². The summed E-state index contributed by atoms with van der Waals surface area (Å²) in [6, 6.07) is 11.2. The molecule has 0 spiro atoms. The van der Waals surface area contributed by atoms with Gasteiger partial charge in [-0.25, -0.2) is 13.4 Å². The molecule has 1 fully saturated rings. The van der Waals surface area contributed by atoms with E-state index in [9.17, 15) is 18.3 Å². The number of rotatable bonds is 4. The first-order chi connectivity index (χ1) is 12.4. The minimum absolute atomic E-state index is 0.0480. The van der Waals surface area contributed by atoms with Crippen molar-refractivity contribution in [2.75, 3.05) is 25.0 Å². The van der Waals surface area contributed by atoms with Crippen molar-refractivity contribution in [3.63, 3.8) is 0 Å². The van der Waals surface area contributed by atoms with Crippen molar-refractivity contribution in [1.82, 2.24) is 9.29 Å². The number of piperidine rings is 1. The number of carbonyl (C=O) groups excluding carboxylic acids is 1. The zero-order valence-electron chi connectivity index (χ0n) is 14.4. The molecule has 8 heteroatoms. The Morgan fingerprint density at radius 3 is 2.77 bits per heavy atom. The lowest BCUT2D eigenvalue weighted by Crippen LogP contribution is -2.42. The number of hydrogen-bond acceptors (Lipinski definition) is 5. The molecule has 1 aliphatic heterocycles. The molecule has 1 aliphatic rings. The Balaban J connectivity index is 1.87. The van der Waals surface area contributed by atoms with Crippen LogP contribution in [0.2, 0.25) is 0 Å². The molecule has 1 aromatic heterocycles. The second-order valence-corrected chi connectivity index (χ2v) is 8.18. The van der Waals surface area contributed by atoms with E-state index < -0.39 is 16.1 Å². The summed E-state index contributed by atoms with van der Waals surface area (Å²) in [6.07, 6.45) is 2.14. The first-order valence-corrected chi connectivity index (χ1v) is 9.81. The standard InChI is InChI=1S/C18H21N3O4S/c1-20(17-9-2-3-10-19-17)18(23)14-6-4-8-16(12-14)26(24,25)21-11-5-7-15(22)13-21/h2-4,6,8-10,12,15,22H,5,7,11,13H2,1H3. The number of aliphatic hydroxyl groups excluding tert-OH is 1. The lowest BCUT2D eigenvalue weighted by molar-refractivity contribution is 0.0991. The smallest absolute Gasteiger partial charge is 0.259 e. The lowest BCUT2D eigenvalue weighted by atomic mass is 10.1. The van der Waals surface area contributed by atoms with Gasteiger partial charge in [0.05, 0.1) is 11.0 Å². The predicted molar refractivity (Wildman–Crippen MR) is 97.4 cm³/mol. The SMILES string of the molecule is CN(C(=O)c1cccc(S(=O)(=O)N2CCCC(O)C2)c1)c1ccccn1. The second-order valence-electron chi connectivity index (χ2n) is 6.24. The van der Waals surface area contributed by atoms with Crippen LogP contribution in [-0.4, -0.2) is 55.0 Å². The number of nitrogens with zero attached hydrogens (tertiary/aromatic N) is 3. The number of aliphatic hydroxyl groups is 1. The highest BCUT2D eigenvalue weighted by atomic mass is 32.2. The molecule has 3 rings (SSSR count). The summed E-state index contributed by atoms with van der Waals surface area (Å²) in [7, 11) is -2.16. The van der Waals surface area contributed by atoms with Crippen LogP contribution in [0.25, 0.3) is 0 Å². The normalized spacial score (nSPS) is 18.5.